The summed E-state index contributed by atoms with van der Waals surface area (Å²) in [6.45, 7) is 4.30. The quantitative estimate of drug-likeness (QED) is 0.892. The number of rotatable bonds is 3. The SMILES string of the molecule is Cc1nn(CC(=O)NC23CC4CC(CC(C4)C2)C3)c(C)c1Br. The van der Waals surface area contributed by atoms with Crippen molar-refractivity contribution in [1.29, 1.82) is 0 Å². The number of hydrogen-bond acceptors (Lipinski definition) is 2. The summed E-state index contributed by atoms with van der Waals surface area (Å²) in [5.41, 5.74) is 2.07. The van der Waals surface area contributed by atoms with Gasteiger partial charge in [-0.1, -0.05) is 0 Å². The van der Waals surface area contributed by atoms with Crippen LogP contribution >= 0.6 is 15.9 Å². The van der Waals surface area contributed by atoms with Gasteiger partial charge < -0.3 is 5.32 Å². The number of hydrogen-bond donors (Lipinski definition) is 1. The Bertz CT molecular complexity index is 586. The summed E-state index contributed by atoms with van der Waals surface area (Å²) in [7, 11) is 0. The van der Waals surface area contributed by atoms with Gasteiger partial charge in [-0.25, -0.2) is 0 Å². The van der Waals surface area contributed by atoms with Gasteiger partial charge in [-0.15, -0.1) is 0 Å². The Hall–Kier alpha value is -0.840. The monoisotopic (exact) mass is 365 g/mol. The first-order chi connectivity index (χ1) is 10.4. The van der Waals surface area contributed by atoms with E-state index in [4.69, 9.17) is 0 Å². The molecule has 0 saturated heterocycles. The molecule has 4 aliphatic carbocycles. The van der Waals surface area contributed by atoms with Gasteiger partial charge in [-0.05, 0) is 86.1 Å². The number of carbonyl (C=O) groups is 1. The molecule has 4 saturated carbocycles. The largest absolute Gasteiger partial charge is 0.349 e. The predicted octanol–water partition coefficient (Wildman–Crippen LogP) is 3.35. The van der Waals surface area contributed by atoms with E-state index in [1.165, 1.54) is 38.5 Å². The first-order valence-electron chi connectivity index (χ1n) is 8.44. The molecule has 4 fully saturated rings. The van der Waals surface area contributed by atoms with Crippen LogP contribution in [0.15, 0.2) is 4.47 Å². The molecule has 1 heterocycles. The Balaban J connectivity index is 1.47. The summed E-state index contributed by atoms with van der Waals surface area (Å²) in [6, 6.07) is 0. The van der Waals surface area contributed by atoms with Crippen molar-refractivity contribution in [2.24, 2.45) is 17.8 Å². The van der Waals surface area contributed by atoms with E-state index in [9.17, 15) is 4.79 Å². The van der Waals surface area contributed by atoms with E-state index in [1.54, 1.807) is 0 Å². The molecule has 0 unspecified atom stereocenters. The second-order valence-electron chi connectivity index (χ2n) is 7.89. The molecule has 1 amide bonds. The lowest BCUT2D eigenvalue weighted by atomic mass is 9.53. The summed E-state index contributed by atoms with van der Waals surface area (Å²) in [6.07, 6.45) is 7.81. The Kier molecular flexibility index (Phi) is 3.40. The molecule has 4 bridgehead atoms. The fourth-order valence-corrected chi connectivity index (χ4v) is 5.85. The predicted molar refractivity (Wildman–Crippen MR) is 88.4 cm³/mol. The number of halogens is 1. The summed E-state index contributed by atoms with van der Waals surface area (Å²) in [5.74, 6) is 2.69. The van der Waals surface area contributed by atoms with Gasteiger partial charge in [0.15, 0.2) is 0 Å². The average molecular weight is 366 g/mol. The molecule has 0 atom stereocenters. The number of carbonyl (C=O) groups excluding carboxylic acids is 1. The van der Waals surface area contributed by atoms with E-state index >= 15 is 0 Å². The molecule has 1 N–H and O–H groups in total. The van der Waals surface area contributed by atoms with Crippen LogP contribution in [0, 0.1) is 31.6 Å². The third kappa shape index (κ3) is 2.41. The van der Waals surface area contributed by atoms with E-state index in [1.807, 2.05) is 18.5 Å². The Morgan fingerprint density at radius 1 is 1.23 bits per heavy atom. The van der Waals surface area contributed by atoms with Crippen molar-refractivity contribution in [2.75, 3.05) is 0 Å². The zero-order valence-corrected chi connectivity index (χ0v) is 14.9. The minimum absolute atomic E-state index is 0.0964. The van der Waals surface area contributed by atoms with Crippen LogP contribution in [-0.2, 0) is 11.3 Å². The Morgan fingerprint density at radius 3 is 2.23 bits per heavy atom. The highest BCUT2D eigenvalue weighted by atomic mass is 79.9. The maximum Gasteiger partial charge on any atom is 0.242 e. The highest BCUT2D eigenvalue weighted by molar-refractivity contribution is 9.10. The molecule has 0 spiro atoms. The maximum atomic E-state index is 12.6. The number of aromatic nitrogens is 2. The molecule has 120 valence electrons. The fraction of sp³-hybridized carbons (Fsp3) is 0.765. The van der Waals surface area contributed by atoms with E-state index in [2.05, 4.69) is 26.3 Å². The smallest absolute Gasteiger partial charge is 0.242 e. The van der Waals surface area contributed by atoms with Crippen LogP contribution in [0.3, 0.4) is 0 Å². The van der Waals surface area contributed by atoms with Gasteiger partial charge in [0.05, 0.1) is 15.9 Å². The number of aryl methyl sites for hydroxylation is 1. The first-order valence-corrected chi connectivity index (χ1v) is 9.24. The van der Waals surface area contributed by atoms with E-state index in [0.29, 0.717) is 6.54 Å². The van der Waals surface area contributed by atoms with Gasteiger partial charge in [0, 0.05) is 5.54 Å². The van der Waals surface area contributed by atoms with E-state index < -0.39 is 0 Å². The van der Waals surface area contributed by atoms with Crippen molar-refractivity contribution in [3.63, 3.8) is 0 Å². The zero-order valence-electron chi connectivity index (χ0n) is 13.4. The molecule has 4 nitrogen and oxygen atoms in total. The van der Waals surface area contributed by atoms with Crippen LogP contribution < -0.4 is 5.32 Å². The van der Waals surface area contributed by atoms with Crippen molar-refractivity contribution < 1.29 is 4.79 Å². The maximum absolute atomic E-state index is 12.6. The van der Waals surface area contributed by atoms with Gasteiger partial charge in [0.25, 0.3) is 0 Å². The van der Waals surface area contributed by atoms with Gasteiger partial charge >= 0.3 is 0 Å². The van der Waals surface area contributed by atoms with Gasteiger partial charge in [-0.2, -0.15) is 5.10 Å². The van der Waals surface area contributed by atoms with E-state index in [-0.39, 0.29) is 11.4 Å². The molecular weight excluding hydrogens is 342 g/mol. The lowest BCUT2D eigenvalue weighted by Crippen LogP contribution is -2.60. The highest BCUT2D eigenvalue weighted by Gasteiger charge is 2.51. The van der Waals surface area contributed by atoms with Crippen LogP contribution in [0.25, 0.3) is 0 Å². The first kappa shape index (κ1) is 14.7. The lowest BCUT2D eigenvalue weighted by Gasteiger charge is -2.56. The number of nitrogens with zero attached hydrogens (tertiary/aromatic N) is 2. The van der Waals surface area contributed by atoms with E-state index in [0.717, 1.165) is 33.6 Å². The Labute approximate surface area is 140 Å². The van der Waals surface area contributed by atoms with Crippen LogP contribution in [0.4, 0.5) is 0 Å². The normalized spacial score (nSPS) is 35.9. The molecule has 0 radical (unpaired) electrons. The number of nitrogens with one attached hydrogen (secondary N) is 1. The fourth-order valence-electron chi connectivity index (χ4n) is 5.56. The Morgan fingerprint density at radius 2 is 1.77 bits per heavy atom. The van der Waals surface area contributed by atoms with Gasteiger partial charge in [0.2, 0.25) is 5.91 Å². The van der Waals surface area contributed by atoms with Crippen LogP contribution in [0.5, 0.6) is 0 Å². The lowest BCUT2D eigenvalue weighted by molar-refractivity contribution is -0.127. The second kappa shape index (κ2) is 5.08. The third-order valence-electron chi connectivity index (χ3n) is 6.03. The van der Waals surface area contributed by atoms with Crippen molar-refractivity contribution in [2.45, 2.75) is 64.5 Å². The van der Waals surface area contributed by atoms with Crippen molar-refractivity contribution in [3.05, 3.63) is 15.9 Å². The summed E-state index contributed by atoms with van der Waals surface area (Å²) in [5, 5.41) is 7.87. The van der Waals surface area contributed by atoms with Crippen LogP contribution in [-0.4, -0.2) is 21.2 Å². The highest BCUT2D eigenvalue weighted by Crippen LogP contribution is 2.55. The molecule has 1 aromatic rings. The summed E-state index contributed by atoms with van der Waals surface area (Å²) >= 11 is 3.53. The minimum Gasteiger partial charge on any atom is -0.349 e. The molecule has 0 aromatic carbocycles. The van der Waals surface area contributed by atoms with Crippen molar-refractivity contribution in [1.82, 2.24) is 15.1 Å². The van der Waals surface area contributed by atoms with Crippen LogP contribution in [0.2, 0.25) is 0 Å². The zero-order chi connectivity index (χ0) is 15.5. The third-order valence-corrected chi connectivity index (χ3v) is 7.18. The molecular formula is C17H24BrN3O. The molecule has 1 aromatic heterocycles. The van der Waals surface area contributed by atoms with Gasteiger partial charge in [-0.3, -0.25) is 9.48 Å². The average Bonchev–Trinajstić information content (AvgIpc) is 2.64. The minimum atomic E-state index is 0.0964. The topological polar surface area (TPSA) is 46.9 Å². The summed E-state index contributed by atoms with van der Waals surface area (Å²) < 4.78 is 2.82. The van der Waals surface area contributed by atoms with Crippen molar-refractivity contribution in [3.8, 4) is 0 Å². The molecule has 5 heteroatoms. The standard InChI is InChI=1S/C17H24BrN3O/c1-10-16(18)11(2)21(20-10)9-15(22)19-17-6-12-3-13(7-17)5-14(4-12)8-17/h12-14H,3-9H2,1-2H3,(H,19,22). The summed E-state index contributed by atoms with van der Waals surface area (Å²) in [4.78, 5) is 12.6. The molecule has 22 heavy (non-hydrogen) atoms. The van der Waals surface area contributed by atoms with Gasteiger partial charge in [0.1, 0.15) is 6.54 Å². The van der Waals surface area contributed by atoms with Crippen LogP contribution in [0.1, 0.15) is 49.9 Å². The second-order valence-corrected chi connectivity index (χ2v) is 8.68. The number of amides is 1. The molecule has 0 aliphatic heterocycles. The molecule has 5 rings (SSSR count). The molecule has 4 aliphatic rings. The van der Waals surface area contributed by atoms with Crippen molar-refractivity contribution >= 4 is 21.8 Å².